The number of ketones is 8. The van der Waals surface area contributed by atoms with Gasteiger partial charge in [0.1, 0.15) is 48.6 Å². The van der Waals surface area contributed by atoms with Gasteiger partial charge in [0.25, 0.3) is 0 Å². The molecule has 2 unspecified atom stereocenters. The number of hydrogen-bond donors (Lipinski definition) is 0. The van der Waals surface area contributed by atoms with Crippen LogP contribution < -0.4 is 0 Å². The van der Waals surface area contributed by atoms with Gasteiger partial charge in [-0.25, -0.2) is 0 Å². The van der Waals surface area contributed by atoms with Crippen LogP contribution >= 0.6 is 11.8 Å². The summed E-state index contributed by atoms with van der Waals surface area (Å²) in [6.07, 6.45) is 2.51. The Bertz CT molecular complexity index is 979. The van der Waals surface area contributed by atoms with E-state index in [1.165, 1.54) is 11.8 Å². The van der Waals surface area contributed by atoms with Gasteiger partial charge in [-0.3, -0.25) is 38.4 Å². The van der Waals surface area contributed by atoms with Gasteiger partial charge in [-0.05, 0) is 19.3 Å². The minimum atomic E-state index is -0.349. The number of ether oxygens (including phenoxy) is 2. The predicted octanol–water partition coefficient (Wildman–Crippen LogP) is 8.21. The maximum absolute atomic E-state index is 11.6. The fourth-order valence-corrected chi connectivity index (χ4v) is 5.16. The first-order chi connectivity index (χ1) is 24.8. The van der Waals surface area contributed by atoms with E-state index in [9.17, 15) is 38.4 Å². The van der Waals surface area contributed by atoms with Crippen molar-refractivity contribution in [1.82, 2.24) is 0 Å². The van der Waals surface area contributed by atoms with Crippen LogP contribution in [0, 0.1) is 47.3 Å². The van der Waals surface area contributed by atoms with Crippen molar-refractivity contribution < 1.29 is 47.8 Å². The summed E-state index contributed by atoms with van der Waals surface area (Å²) >= 11 is 1.43. The SMILES string of the molecule is CC(C)C(=O)C1CCC(C(=O)C(C)C)O1.CC(C)C(=O)CCCC(=O)C(C)C.CC(C)C(=O)COCC(=O)C(C)C.CC(C)C(=O)CSCC(=O)C(C)C. The zero-order chi connectivity index (χ0) is 42.9. The number of carbonyl (C=O) groups is 8. The van der Waals surface area contributed by atoms with Crippen LogP contribution in [0.4, 0.5) is 0 Å². The topological polar surface area (TPSA) is 155 Å². The molecule has 0 aromatic rings. The minimum Gasteiger partial charge on any atom is -0.366 e. The molecule has 0 aromatic carbocycles. The fraction of sp³-hybridized carbons (Fsp3) is 0.814. The highest BCUT2D eigenvalue weighted by Gasteiger charge is 2.36. The Kier molecular flexibility index (Phi) is 31.9. The Labute approximate surface area is 332 Å². The highest BCUT2D eigenvalue weighted by Crippen LogP contribution is 2.25. The lowest BCUT2D eigenvalue weighted by molar-refractivity contribution is -0.140. The normalized spacial score (nSPS) is 15.2. The lowest BCUT2D eigenvalue weighted by Gasteiger charge is -2.15. The van der Waals surface area contributed by atoms with Crippen LogP contribution in [0.1, 0.15) is 143 Å². The van der Waals surface area contributed by atoms with Gasteiger partial charge in [-0.15, -0.1) is 11.8 Å². The van der Waals surface area contributed by atoms with E-state index in [0.29, 0.717) is 43.6 Å². The molecule has 2 atom stereocenters. The van der Waals surface area contributed by atoms with Crippen LogP contribution in [-0.2, 0) is 47.8 Å². The molecule has 0 radical (unpaired) electrons. The lowest BCUT2D eigenvalue weighted by Crippen LogP contribution is -2.30. The number of carbonyl (C=O) groups excluding carboxylic acids is 8. The van der Waals surface area contributed by atoms with Crippen molar-refractivity contribution in [2.45, 2.75) is 155 Å². The third kappa shape index (κ3) is 28.1. The van der Waals surface area contributed by atoms with Crippen LogP contribution in [0.5, 0.6) is 0 Å². The molecule has 1 saturated heterocycles. The summed E-state index contributed by atoms with van der Waals surface area (Å²) in [5.74, 6) is 2.54. The van der Waals surface area contributed by atoms with Crippen LogP contribution in [0.25, 0.3) is 0 Å². The van der Waals surface area contributed by atoms with Crippen LogP contribution in [0.2, 0.25) is 0 Å². The number of rotatable bonds is 22. The van der Waals surface area contributed by atoms with Crippen molar-refractivity contribution in [3.05, 3.63) is 0 Å². The highest BCUT2D eigenvalue weighted by atomic mass is 32.2. The van der Waals surface area contributed by atoms with Crippen LogP contribution in [0.15, 0.2) is 0 Å². The Balaban J connectivity index is -0.000000644. The minimum absolute atomic E-state index is 0.0112. The zero-order valence-electron chi connectivity index (χ0n) is 36.6. The van der Waals surface area contributed by atoms with E-state index in [2.05, 4.69) is 0 Å². The van der Waals surface area contributed by atoms with E-state index < -0.39 is 0 Å². The lowest BCUT2D eigenvalue weighted by atomic mass is 9.99. The van der Waals surface area contributed by atoms with E-state index in [4.69, 9.17) is 9.47 Å². The van der Waals surface area contributed by atoms with E-state index in [1.54, 1.807) is 0 Å². The second kappa shape index (κ2) is 30.8. The molecule has 0 bridgehead atoms. The van der Waals surface area contributed by atoms with Gasteiger partial charge < -0.3 is 9.47 Å². The average Bonchev–Trinajstić information content (AvgIpc) is 3.57. The molecule has 0 saturated carbocycles. The van der Waals surface area contributed by atoms with Crippen molar-refractivity contribution in [3.8, 4) is 0 Å². The molecule has 0 aromatic heterocycles. The summed E-state index contributed by atoms with van der Waals surface area (Å²) in [5, 5.41) is 0. The van der Waals surface area contributed by atoms with Crippen molar-refractivity contribution in [2.75, 3.05) is 24.7 Å². The number of hydrogen-bond acceptors (Lipinski definition) is 11. The smallest absolute Gasteiger partial charge is 0.164 e. The fourth-order valence-electron chi connectivity index (χ4n) is 3.98. The van der Waals surface area contributed by atoms with Gasteiger partial charge in [0.2, 0.25) is 0 Å². The van der Waals surface area contributed by atoms with Gasteiger partial charge in [0, 0.05) is 60.2 Å². The molecule has 0 spiro atoms. The molecule has 1 aliphatic rings. The first kappa shape index (κ1) is 56.0. The second-order valence-electron chi connectivity index (χ2n) is 16.4. The molecular weight excluding hydrogens is 709 g/mol. The average molecular weight is 785 g/mol. The monoisotopic (exact) mass is 785 g/mol. The summed E-state index contributed by atoms with van der Waals surface area (Å²) in [6, 6.07) is 0. The maximum atomic E-state index is 11.6. The Hall–Kier alpha value is -2.37. The van der Waals surface area contributed by atoms with E-state index in [-0.39, 0.29) is 119 Å². The highest BCUT2D eigenvalue weighted by molar-refractivity contribution is 8.00. The van der Waals surface area contributed by atoms with Crippen molar-refractivity contribution in [2.24, 2.45) is 47.3 Å². The van der Waals surface area contributed by atoms with Gasteiger partial charge in [-0.2, -0.15) is 0 Å². The molecule has 314 valence electrons. The molecule has 1 aliphatic heterocycles. The molecule has 10 nitrogen and oxygen atoms in total. The van der Waals surface area contributed by atoms with Crippen LogP contribution in [-0.4, -0.2) is 83.2 Å². The van der Waals surface area contributed by atoms with Crippen molar-refractivity contribution in [3.63, 3.8) is 0 Å². The second-order valence-corrected chi connectivity index (χ2v) is 17.4. The number of Topliss-reactive ketones (excluding diaryl/α,β-unsaturated/α-hetero) is 8. The van der Waals surface area contributed by atoms with Gasteiger partial charge >= 0.3 is 0 Å². The third-order valence-electron chi connectivity index (χ3n) is 8.48. The molecule has 1 rings (SSSR count). The Morgan fingerprint density at radius 1 is 0.444 bits per heavy atom. The van der Waals surface area contributed by atoms with E-state index in [1.807, 2.05) is 111 Å². The first-order valence-electron chi connectivity index (χ1n) is 19.8. The Morgan fingerprint density at radius 2 is 0.722 bits per heavy atom. The van der Waals surface area contributed by atoms with Crippen LogP contribution in [0.3, 0.4) is 0 Å². The van der Waals surface area contributed by atoms with E-state index in [0.717, 1.165) is 0 Å². The predicted molar refractivity (Wildman–Crippen MR) is 219 cm³/mol. The number of thioether (sulfide) groups is 1. The molecule has 0 amide bonds. The van der Waals surface area contributed by atoms with Gasteiger partial charge in [0.15, 0.2) is 23.1 Å². The molecule has 1 heterocycles. The molecule has 0 N–H and O–H groups in total. The Morgan fingerprint density at radius 3 is 0.963 bits per heavy atom. The van der Waals surface area contributed by atoms with Gasteiger partial charge in [0.05, 0.1) is 11.5 Å². The molecule has 0 aliphatic carbocycles. The summed E-state index contributed by atoms with van der Waals surface area (Å²) in [6.45, 7) is 29.9. The van der Waals surface area contributed by atoms with Crippen molar-refractivity contribution in [1.29, 1.82) is 0 Å². The summed E-state index contributed by atoms with van der Waals surface area (Å²) in [5.41, 5.74) is 0. The first-order valence-corrected chi connectivity index (χ1v) is 21.0. The largest absolute Gasteiger partial charge is 0.366 e. The third-order valence-corrected chi connectivity index (χ3v) is 9.46. The molecule has 11 heteroatoms. The zero-order valence-corrected chi connectivity index (χ0v) is 37.4. The molecular formula is C43H76O10S. The summed E-state index contributed by atoms with van der Waals surface area (Å²) < 4.78 is 10.5. The maximum Gasteiger partial charge on any atom is 0.164 e. The van der Waals surface area contributed by atoms with Gasteiger partial charge in [-0.1, -0.05) is 111 Å². The summed E-state index contributed by atoms with van der Waals surface area (Å²) in [4.78, 5) is 90.1. The van der Waals surface area contributed by atoms with E-state index >= 15 is 0 Å². The molecule has 1 fully saturated rings. The van der Waals surface area contributed by atoms with Crippen molar-refractivity contribution >= 4 is 58.0 Å². The quantitative estimate of drug-likeness (QED) is 0.104. The summed E-state index contributed by atoms with van der Waals surface area (Å²) in [7, 11) is 0. The standard InChI is InChI=1S/C12H20O3.C11H20O2.C10H18O3.C10H18O2S/c1-7(2)11(13)9-5-6-10(15-9)12(14)8(3)4;1-8(2)10(12)6-5-7-11(13)9(3)4;2*1-7(2)9(11)5-13-6-10(12)8(3)4/h7-10H,5-6H2,1-4H3;8-9H,5-7H2,1-4H3;2*7-8H,5-6H2,1-4H3. The molecule has 54 heavy (non-hydrogen) atoms.